The summed E-state index contributed by atoms with van der Waals surface area (Å²) in [5, 5.41) is 6.59. The van der Waals surface area contributed by atoms with E-state index in [0.717, 1.165) is 5.56 Å². The van der Waals surface area contributed by atoms with E-state index in [4.69, 9.17) is 8.94 Å². The molecule has 3 rings (SSSR count). The van der Waals surface area contributed by atoms with E-state index < -0.39 is 0 Å². The van der Waals surface area contributed by atoms with Crippen LogP contribution in [0, 0.1) is 0 Å². The van der Waals surface area contributed by atoms with E-state index >= 15 is 0 Å². The number of amides is 1. The number of benzene rings is 1. The van der Waals surface area contributed by atoms with Crippen molar-refractivity contribution in [3.05, 3.63) is 54.1 Å². The van der Waals surface area contributed by atoms with Crippen molar-refractivity contribution in [1.82, 2.24) is 20.4 Å². The monoisotopic (exact) mass is 312 g/mol. The first-order valence-corrected chi connectivity index (χ1v) is 7.23. The molecule has 2 aromatic heterocycles. The number of carbonyl (C=O) groups excluding carboxylic acids is 1. The van der Waals surface area contributed by atoms with Crippen molar-refractivity contribution in [2.45, 2.75) is 26.3 Å². The van der Waals surface area contributed by atoms with Crippen LogP contribution in [0.2, 0.25) is 0 Å². The number of carbonyl (C=O) groups is 1. The van der Waals surface area contributed by atoms with Gasteiger partial charge in [-0.25, -0.2) is 4.98 Å². The molecular weight excluding hydrogens is 296 g/mol. The average Bonchev–Trinajstić information content (AvgIpc) is 3.24. The summed E-state index contributed by atoms with van der Waals surface area (Å²) in [6.07, 6.45) is 2.99. The van der Waals surface area contributed by atoms with Gasteiger partial charge in [0.05, 0.1) is 12.7 Å². The van der Waals surface area contributed by atoms with Crippen LogP contribution in [0.3, 0.4) is 0 Å². The predicted octanol–water partition coefficient (Wildman–Crippen LogP) is 2.78. The van der Waals surface area contributed by atoms with Crippen molar-refractivity contribution in [2.75, 3.05) is 0 Å². The predicted molar refractivity (Wildman–Crippen MR) is 81.5 cm³/mol. The van der Waals surface area contributed by atoms with Crippen molar-refractivity contribution in [3.8, 4) is 11.3 Å². The molecule has 0 aliphatic rings. The molecule has 0 spiro atoms. The fourth-order valence-corrected chi connectivity index (χ4v) is 1.98. The van der Waals surface area contributed by atoms with E-state index in [-0.39, 0.29) is 18.4 Å². The quantitative estimate of drug-likeness (QED) is 0.778. The number of aromatic nitrogens is 3. The van der Waals surface area contributed by atoms with Crippen molar-refractivity contribution < 1.29 is 13.7 Å². The topological polar surface area (TPSA) is 94.1 Å². The summed E-state index contributed by atoms with van der Waals surface area (Å²) in [6.45, 7) is 4.15. The highest BCUT2D eigenvalue weighted by molar-refractivity contribution is 5.94. The minimum Gasteiger partial charge on any atom is -0.444 e. The maximum absolute atomic E-state index is 12.1. The molecule has 2 heterocycles. The van der Waals surface area contributed by atoms with Crippen LogP contribution in [-0.2, 0) is 6.54 Å². The molecule has 0 radical (unpaired) electrons. The van der Waals surface area contributed by atoms with E-state index in [1.165, 1.54) is 6.39 Å². The standard InChI is InChI=1S/C16H16N4O3/c1-10(2)16-19-14(20-23-16)8-18-15(21)12-5-3-11(4-6-12)13-7-17-9-22-13/h3-7,9-10H,8H2,1-2H3,(H,18,21). The van der Waals surface area contributed by atoms with Crippen LogP contribution in [0.4, 0.5) is 0 Å². The molecule has 3 aromatic rings. The molecule has 0 aliphatic carbocycles. The number of hydrogen-bond donors (Lipinski definition) is 1. The van der Waals surface area contributed by atoms with E-state index in [2.05, 4.69) is 20.4 Å². The first-order valence-electron chi connectivity index (χ1n) is 7.23. The van der Waals surface area contributed by atoms with Crippen LogP contribution in [0.1, 0.15) is 41.8 Å². The summed E-state index contributed by atoms with van der Waals surface area (Å²) in [4.78, 5) is 20.2. The van der Waals surface area contributed by atoms with Gasteiger partial charge in [-0.15, -0.1) is 0 Å². The highest BCUT2D eigenvalue weighted by Gasteiger charge is 2.12. The minimum atomic E-state index is -0.204. The Balaban J connectivity index is 1.61. The Morgan fingerprint density at radius 2 is 2.04 bits per heavy atom. The fraction of sp³-hybridized carbons (Fsp3) is 0.250. The second kappa shape index (κ2) is 6.43. The van der Waals surface area contributed by atoms with Gasteiger partial charge in [0.1, 0.15) is 0 Å². The molecule has 0 unspecified atom stereocenters. The van der Waals surface area contributed by atoms with Crippen molar-refractivity contribution in [3.63, 3.8) is 0 Å². The third kappa shape index (κ3) is 3.45. The molecule has 0 aliphatic heterocycles. The normalized spacial score (nSPS) is 10.9. The Morgan fingerprint density at radius 3 is 2.65 bits per heavy atom. The molecule has 0 fully saturated rings. The third-order valence-electron chi connectivity index (χ3n) is 3.25. The highest BCUT2D eigenvalue weighted by atomic mass is 16.5. The number of nitrogens with one attached hydrogen (secondary N) is 1. The van der Waals surface area contributed by atoms with Gasteiger partial charge in [0.2, 0.25) is 5.89 Å². The van der Waals surface area contributed by atoms with Gasteiger partial charge in [-0.2, -0.15) is 4.98 Å². The fourth-order valence-electron chi connectivity index (χ4n) is 1.98. The zero-order valence-corrected chi connectivity index (χ0v) is 12.8. The van der Waals surface area contributed by atoms with Gasteiger partial charge in [0, 0.05) is 17.0 Å². The smallest absolute Gasteiger partial charge is 0.251 e. The molecule has 0 saturated carbocycles. The molecule has 1 amide bonds. The van der Waals surface area contributed by atoms with E-state index in [1.54, 1.807) is 30.5 Å². The molecule has 1 aromatic carbocycles. The van der Waals surface area contributed by atoms with Gasteiger partial charge in [0.25, 0.3) is 5.91 Å². The zero-order chi connectivity index (χ0) is 16.2. The first-order chi connectivity index (χ1) is 11.1. The van der Waals surface area contributed by atoms with Crippen molar-refractivity contribution in [2.24, 2.45) is 0 Å². The van der Waals surface area contributed by atoms with Crippen LogP contribution < -0.4 is 5.32 Å². The summed E-state index contributed by atoms with van der Waals surface area (Å²) < 4.78 is 10.3. The van der Waals surface area contributed by atoms with Gasteiger partial charge in [-0.05, 0) is 12.1 Å². The second-order valence-electron chi connectivity index (χ2n) is 5.33. The third-order valence-corrected chi connectivity index (χ3v) is 3.25. The number of nitrogens with zero attached hydrogens (tertiary/aromatic N) is 3. The van der Waals surface area contributed by atoms with Gasteiger partial charge in [-0.1, -0.05) is 31.1 Å². The van der Waals surface area contributed by atoms with Gasteiger partial charge < -0.3 is 14.3 Å². The lowest BCUT2D eigenvalue weighted by atomic mass is 10.1. The first kappa shape index (κ1) is 15.0. The van der Waals surface area contributed by atoms with Gasteiger partial charge in [0.15, 0.2) is 18.0 Å². The zero-order valence-electron chi connectivity index (χ0n) is 12.8. The molecular formula is C16H16N4O3. The number of rotatable bonds is 5. The molecule has 0 atom stereocenters. The SMILES string of the molecule is CC(C)c1nc(CNC(=O)c2ccc(-c3cnco3)cc2)no1. The Morgan fingerprint density at radius 1 is 1.26 bits per heavy atom. The van der Waals surface area contributed by atoms with Crippen LogP contribution in [0.15, 0.2) is 45.8 Å². The van der Waals surface area contributed by atoms with E-state index in [1.807, 2.05) is 13.8 Å². The summed E-state index contributed by atoms with van der Waals surface area (Å²) in [6, 6.07) is 7.06. The van der Waals surface area contributed by atoms with Crippen LogP contribution >= 0.6 is 0 Å². The summed E-state index contributed by atoms with van der Waals surface area (Å²) in [5.74, 6) is 1.64. The van der Waals surface area contributed by atoms with Gasteiger partial charge >= 0.3 is 0 Å². The van der Waals surface area contributed by atoms with Crippen LogP contribution in [0.5, 0.6) is 0 Å². The molecule has 0 saturated heterocycles. The van der Waals surface area contributed by atoms with E-state index in [9.17, 15) is 4.79 Å². The minimum absolute atomic E-state index is 0.163. The molecule has 0 bridgehead atoms. The number of oxazole rings is 1. The van der Waals surface area contributed by atoms with Crippen molar-refractivity contribution in [1.29, 1.82) is 0 Å². The summed E-state index contributed by atoms with van der Waals surface area (Å²) in [5.41, 5.74) is 1.40. The van der Waals surface area contributed by atoms with Crippen LogP contribution in [0.25, 0.3) is 11.3 Å². The highest BCUT2D eigenvalue weighted by Crippen LogP contribution is 2.18. The lowest BCUT2D eigenvalue weighted by Crippen LogP contribution is -2.23. The van der Waals surface area contributed by atoms with Crippen molar-refractivity contribution >= 4 is 5.91 Å². The molecule has 7 heteroatoms. The van der Waals surface area contributed by atoms with Gasteiger partial charge in [-0.3, -0.25) is 4.79 Å². The second-order valence-corrected chi connectivity index (χ2v) is 5.33. The molecule has 23 heavy (non-hydrogen) atoms. The van der Waals surface area contributed by atoms with Crippen LogP contribution in [-0.4, -0.2) is 21.0 Å². The lowest BCUT2D eigenvalue weighted by molar-refractivity contribution is 0.0949. The Hall–Kier alpha value is -2.96. The largest absolute Gasteiger partial charge is 0.444 e. The summed E-state index contributed by atoms with van der Waals surface area (Å²) in [7, 11) is 0. The maximum atomic E-state index is 12.1. The molecule has 7 nitrogen and oxygen atoms in total. The number of hydrogen-bond acceptors (Lipinski definition) is 6. The Labute approximate surface area is 132 Å². The lowest BCUT2D eigenvalue weighted by Gasteiger charge is -2.03. The molecule has 1 N–H and O–H groups in total. The Kier molecular flexibility index (Phi) is 4.18. The average molecular weight is 312 g/mol. The van der Waals surface area contributed by atoms with E-state index in [0.29, 0.717) is 23.0 Å². The Bertz CT molecular complexity index is 776. The molecule has 118 valence electrons. The maximum Gasteiger partial charge on any atom is 0.251 e. The summed E-state index contributed by atoms with van der Waals surface area (Å²) >= 11 is 0.